The molecule has 0 saturated carbocycles. The van der Waals surface area contributed by atoms with Crippen molar-refractivity contribution in [1.29, 1.82) is 0 Å². The third-order valence-electron chi connectivity index (χ3n) is 5.28. The van der Waals surface area contributed by atoms with Gasteiger partial charge in [-0.2, -0.15) is 0 Å². The average molecular weight is 367 g/mol. The van der Waals surface area contributed by atoms with Crippen LogP contribution < -0.4 is 15.0 Å². The van der Waals surface area contributed by atoms with Crippen molar-refractivity contribution in [3.63, 3.8) is 0 Å². The molecule has 4 rings (SSSR count). The van der Waals surface area contributed by atoms with Crippen molar-refractivity contribution in [2.45, 2.75) is 44.9 Å². The zero-order valence-corrected chi connectivity index (χ0v) is 15.4. The van der Waals surface area contributed by atoms with Gasteiger partial charge in [0.25, 0.3) is 5.69 Å². The van der Waals surface area contributed by atoms with E-state index in [2.05, 4.69) is 19.2 Å². The maximum absolute atomic E-state index is 12.9. The van der Waals surface area contributed by atoms with Crippen LogP contribution in [0.5, 0.6) is 5.75 Å². The van der Waals surface area contributed by atoms with Gasteiger partial charge in [-0.25, -0.2) is 4.79 Å². The lowest BCUT2D eigenvalue weighted by molar-refractivity contribution is -0.385. The summed E-state index contributed by atoms with van der Waals surface area (Å²) in [6.45, 7) is 6.11. The summed E-state index contributed by atoms with van der Waals surface area (Å²) in [7, 11) is 0. The van der Waals surface area contributed by atoms with Crippen molar-refractivity contribution >= 4 is 17.4 Å². The topological polar surface area (TPSA) is 84.7 Å². The van der Waals surface area contributed by atoms with Crippen LogP contribution in [-0.4, -0.2) is 16.7 Å². The van der Waals surface area contributed by atoms with Crippen molar-refractivity contribution in [1.82, 2.24) is 5.32 Å². The van der Waals surface area contributed by atoms with Crippen LogP contribution in [0.3, 0.4) is 0 Å². The summed E-state index contributed by atoms with van der Waals surface area (Å²) >= 11 is 0. The molecule has 27 heavy (non-hydrogen) atoms. The molecule has 2 aliphatic heterocycles. The number of fused-ring (bicyclic) bond motifs is 4. The van der Waals surface area contributed by atoms with Crippen molar-refractivity contribution in [3.05, 3.63) is 63.7 Å². The van der Waals surface area contributed by atoms with Gasteiger partial charge in [0.05, 0.1) is 11.0 Å². The van der Waals surface area contributed by atoms with E-state index in [1.807, 2.05) is 31.2 Å². The molecule has 7 heteroatoms. The fourth-order valence-corrected chi connectivity index (χ4v) is 3.87. The highest BCUT2D eigenvalue weighted by molar-refractivity contribution is 5.95. The van der Waals surface area contributed by atoms with Gasteiger partial charge >= 0.3 is 6.03 Å². The first-order valence-corrected chi connectivity index (χ1v) is 8.96. The highest BCUT2D eigenvalue weighted by Gasteiger charge is 2.50. The van der Waals surface area contributed by atoms with Crippen LogP contribution in [0.25, 0.3) is 0 Å². The molecule has 1 saturated heterocycles. The summed E-state index contributed by atoms with van der Waals surface area (Å²) < 4.78 is 6.18. The average Bonchev–Trinajstić information content (AvgIpc) is 2.61. The number of hydrogen-bond donors (Lipinski definition) is 1. The monoisotopic (exact) mass is 367 g/mol. The molecule has 2 heterocycles. The molecule has 140 valence electrons. The van der Waals surface area contributed by atoms with Gasteiger partial charge in [-0.3, -0.25) is 15.0 Å². The SMILES string of the molecule is CC(C)c1ccc(N2C(=O)NC3CC2(C)Oc2ccc([N+](=O)[O-])cc23)cc1. The van der Waals surface area contributed by atoms with E-state index >= 15 is 0 Å². The first-order valence-electron chi connectivity index (χ1n) is 8.96. The van der Waals surface area contributed by atoms with Gasteiger partial charge in [0.2, 0.25) is 0 Å². The number of carbonyl (C=O) groups is 1. The van der Waals surface area contributed by atoms with Gasteiger partial charge in [0.1, 0.15) is 5.75 Å². The number of nitrogens with one attached hydrogen (secondary N) is 1. The van der Waals surface area contributed by atoms with Crippen LogP contribution >= 0.6 is 0 Å². The van der Waals surface area contributed by atoms with Crippen molar-refractivity contribution in [2.75, 3.05) is 4.90 Å². The van der Waals surface area contributed by atoms with E-state index in [-0.39, 0.29) is 17.8 Å². The van der Waals surface area contributed by atoms with Crippen molar-refractivity contribution in [2.24, 2.45) is 0 Å². The van der Waals surface area contributed by atoms with Crippen LogP contribution in [0.2, 0.25) is 0 Å². The van der Waals surface area contributed by atoms with Crippen LogP contribution in [0.15, 0.2) is 42.5 Å². The molecule has 2 aromatic rings. The number of hydrogen-bond acceptors (Lipinski definition) is 4. The molecular weight excluding hydrogens is 346 g/mol. The summed E-state index contributed by atoms with van der Waals surface area (Å²) in [4.78, 5) is 25.1. The molecule has 0 radical (unpaired) electrons. The maximum atomic E-state index is 12.9. The Morgan fingerprint density at radius 3 is 2.59 bits per heavy atom. The Morgan fingerprint density at radius 1 is 1.26 bits per heavy atom. The third kappa shape index (κ3) is 2.79. The molecule has 2 aromatic carbocycles. The molecule has 2 atom stereocenters. The number of nitrogens with zero attached hydrogens (tertiary/aromatic N) is 2. The van der Waals surface area contributed by atoms with Crippen LogP contribution in [0.1, 0.15) is 50.3 Å². The first kappa shape index (κ1) is 17.3. The Labute approximate surface area is 157 Å². The molecule has 7 nitrogen and oxygen atoms in total. The Kier molecular flexibility index (Phi) is 3.83. The second-order valence-corrected chi connectivity index (χ2v) is 7.54. The minimum absolute atomic E-state index is 0.0121. The molecule has 2 amide bonds. The van der Waals surface area contributed by atoms with E-state index in [0.29, 0.717) is 23.7 Å². The first-order chi connectivity index (χ1) is 12.8. The van der Waals surface area contributed by atoms with E-state index in [0.717, 1.165) is 5.69 Å². The molecule has 0 aliphatic carbocycles. The van der Waals surface area contributed by atoms with Crippen LogP contribution in [-0.2, 0) is 0 Å². The van der Waals surface area contributed by atoms with E-state index in [1.54, 1.807) is 11.0 Å². The Balaban J connectivity index is 1.72. The summed E-state index contributed by atoms with van der Waals surface area (Å²) in [6.07, 6.45) is 0.499. The van der Waals surface area contributed by atoms with E-state index < -0.39 is 10.6 Å². The largest absolute Gasteiger partial charge is 0.467 e. The van der Waals surface area contributed by atoms with E-state index in [1.165, 1.54) is 17.7 Å². The summed E-state index contributed by atoms with van der Waals surface area (Å²) in [6, 6.07) is 11.8. The molecule has 1 fully saturated rings. The normalized spacial score (nSPS) is 23.5. The number of amides is 2. The Bertz CT molecular complexity index is 925. The van der Waals surface area contributed by atoms with Gasteiger partial charge in [0.15, 0.2) is 5.72 Å². The number of carbonyl (C=O) groups excluding carboxylic acids is 1. The summed E-state index contributed by atoms with van der Waals surface area (Å²) in [5, 5.41) is 14.0. The molecule has 0 spiro atoms. The zero-order chi connectivity index (χ0) is 19.3. The minimum atomic E-state index is -0.866. The van der Waals surface area contributed by atoms with Crippen molar-refractivity contribution < 1.29 is 14.5 Å². The summed E-state index contributed by atoms with van der Waals surface area (Å²) in [5.41, 5.74) is 1.71. The number of urea groups is 1. The highest BCUT2D eigenvalue weighted by atomic mass is 16.6. The molecule has 0 aromatic heterocycles. The van der Waals surface area contributed by atoms with Gasteiger partial charge in [-0.05, 0) is 36.6 Å². The number of anilines is 1. The van der Waals surface area contributed by atoms with Gasteiger partial charge in [-0.15, -0.1) is 0 Å². The highest BCUT2D eigenvalue weighted by Crippen LogP contribution is 2.46. The molecule has 2 unspecified atom stereocenters. The molecule has 2 bridgehead atoms. The maximum Gasteiger partial charge on any atom is 0.325 e. The van der Waals surface area contributed by atoms with Crippen molar-refractivity contribution in [3.8, 4) is 5.75 Å². The number of rotatable bonds is 3. The van der Waals surface area contributed by atoms with Crippen LogP contribution in [0, 0.1) is 10.1 Å². The van der Waals surface area contributed by atoms with E-state index in [4.69, 9.17) is 4.74 Å². The lowest BCUT2D eigenvalue weighted by Gasteiger charge is -2.50. The summed E-state index contributed by atoms with van der Waals surface area (Å²) in [5.74, 6) is 0.964. The molecule has 1 N–H and O–H groups in total. The number of nitro groups is 1. The fraction of sp³-hybridized carbons (Fsp3) is 0.350. The van der Waals surface area contributed by atoms with Crippen LogP contribution in [0.4, 0.5) is 16.2 Å². The number of nitro benzene ring substituents is 1. The van der Waals surface area contributed by atoms with Gasteiger partial charge in [-0.1, -0.05) is 26.0 Å². The Morgan fingerprint density at radius 2 is 1.96 bits per heavy atom. The standard InChI is InChI=1S/C20H21N3O4/c1-12(2)13-4-6-14(7-5-13)22-19(24)21-17-11-20(22,3)27-18-9-8-15(23(25)26)10-16(17)18/h4-10,12,17H,11H2,1-3H3,(H,21,24). The molecule has 2 aliphatic rings. The third-order valence-corrected chi connectivity index (χ3v) is 5.28. The van der Waals surface area contributed by atoms with Gasteiger partial charge in [0, 0.05) is 29.8 Å². The zero-order valence-electron chi connectivity index (χ0n) is 15.4. The predicted octanol–water partition coefficient (Wildman–Crippen LogP) is 4.49. The van der Waals surface area contributed by atoms with E-state index in [9.17, 15) is 14.9 Å². The second-order valence-electron chi connectivity index (χ2n) is 7.54. The number of ether oxygens (including phenoxy) is 1. The molecular formula is C20H21N3O4. The van der Waals surface area contributed by atoms with Gasteiger partial charge < -0.3 is 10.1 Å². The lowest BCUT2D eigenvalue weighted by Crippen LogP contribution is -2.65. The lowest BCUT2D eigenvalue weighted by atomic mass is 9.89. The fourth-order valence-electron chi connectivity index (χ4n) is 3.87. The number of non-ortho nitro benzene ring substituents is 1. The Hall–Kier alpha value is -3.09. The smallest absolute Gasteiger partial charge is 0.325 e. The minimum Gasteiger partial charge on any atom is -0.467 e. The number of benzene rings is 2. The quantitative estimate of drug-likeness (QED) is 0.640. The predicted molar refractivity (Wildman–Crippen MR) is 101 cm³/mol. The second kappa shape index (κ2) is 5.97.